The Bertz CT molecular complexity index is 342. The molecular formula is C10H15ClN2O2. The number of aryl methyl sites for hydroxylation is 1. The zero-order chi connectivity index (χ0) is 10.6. The zero-order valence-corrected chi connectivity index (χ0v) is 9.09. The summed E-state index contributed by atoms with van der Waals surface area (Å²) in [5.41, 5.74) is 11.6. The molecule has 0 heterocycles. The number of rotatable bonds is 4. The summed E-state index contributed by atoms with van der Waals surface area (Å²) in [6, 6.07) is 5.19. The van der Waals surface area contributed by atoms with Crippen molar-refractivity contribution in [1.29, 1.82) is 0 Å². The number of hydrogen-bond donors (Lipinski definition) is 3. The van der Waals surface area contributed by atoms with Crippen molar-refractivity contribution in [3.63, 3.8) is 0 Å². The Morgan fingerprint density at radius 1 is 1.40 bits per heavy atom. The summed E-state index contributed by atoms with van der Waals surface area (Å²) >= 11 is 0. The summed E-state index contributed by atoms with van der Waals surface area (Å²) < 4.78 is 0. The number of nitrogen functional groups attached to an aromatic ring is 1. The van der Waals surface area contributed by atoms with Crippen molar-refractivity contribution < 1.29 is 9.90 Å². The third-order valence-corrected chi connectivity index (χ3v) is 2.02. The minimum atomic E-state index is -0.326. The van der Waals surface area contributed by atoms with Crippen molar-refractivity contribution in [2.45, 2.75) is 19.3 Å². The van der Waals surface area contributed by atoms with Gasteiger partial charge in [0.15, 0.2) is 0 Å². The first-order valence-electron chi connectivity index (χ1n) is 4.46. The van der Waals surface area contributed by atoms with Gasteiger partial charge in [-0.25, -0.2) is 0 Å². The van der Waals surface area contributed by atoms with Crippen molar-refractivity contribution in [1.82, 2.24) is 0 Å². The number of hydrogen-bond acceptors (Lipinski definition) is 3. The lowest BCUT2D eigenvalue weighted by atomic mass is 10.1. The van der Waals surface area contributed by atoms with Crippen molar-refractivity contribution in [2.24, 2.45) is 5.73 Å². The maximum absolute atomic E-state index is 10.5. The van der Waals surface area contributed by atoms with Crippen LogP contribution in [0.25, 0.3) is 0 Å². The van der Waals surface area contributed by atoms with Crippen LogP contribution in [0, 0.1) is 0 Å². The fraction of sp³-hybridized carbons (Fsp3) is 0.300. The normalized spacial score (nSPS) is 9.33. The first-order chi connectivity index (χ1) is 6.61. The monoisotopic (exact) mass is 230 g/mol. The molecule has 0 saturated carbocycles. The second-order valence-electron chi connectivity index (χ2n) is 3.17. The lowest BCUT2D eigenvalue weighted by Crippen LogP contribution is -2.10. The summed E-state index contributed by atoms with van der Waals surface area (Å²) in [5, 5.41) is 9.52. The van der Waals surface area contributed by atoms with Crippen molar-refractivity contribution >= 4 is 24.0 Å². The first kappa shape index (κ1) is 13.6. The molecule has 5 heteroatoms. The third-order valence-electron chi connectivity index (χ3n) is 2.02. The molecule has 1 amide bonds. The molecule has 5 N–H and O–H groups in total. The molecule has 1 aromatic carbocycles. The Hall–Kier alpha value is -1.42. The highest BCUT2D eigenvalue weighted by Crippen LogP contribution is 2.25. The molecule has 4 nitrogen and oxygen atoms in total. The lowest BCUT2D eigenvalue weighted by molar-refractivity contribution is -0.118. The quantitative estimate of drug-likeness (QED) is 0.536. The maximum Gasteiger partial charge on any atom is 0.217 e. The molecule has 1 aromatic rings. The fourth-order valence-electron chi connectivity index (χ4n) is 1.27. The van der Waals surface area contributed by atoms with E-state index in [0.29, 0.717) is 24.9 Å². The number of halogens is 1. The van der Waals surface area contributed by atoms with Crippen LogP contribution in [0.1, 0.15) is 18.4 Å². The van der Waals surface area contributed by atoms with Crippen molar-refractivity contribution in [3.8, 4) is 5.75 Å². The van der Waals surface area contributed by atoms with Crippen LogP contribution < -0.4 is 11.5 Å². The minimum Gasteiger partial charge on any atom is -0.506 e. The van der Waals surface area contributed by atoms with Gasteiger partial charge in [-0.1, -0.05) is 12.1 Å². The van der Waals surface area contributed by atoms with Crippen LogP contribution in [0.15, 0.2) is 18.2 Å². The van der Waals surface area contributed by atoms with Gasteiger partial charge in [-0.05, 0) is 24.5 Å². The number of anilines is 1. The number of carbonyl (C=O) groups is 1. The molecule has 0 aliphatic heterocycles. The number of phenols is 1. The Labute approximate surface area is 94.7 Å². The largest absolute Gasteiger partial charge is 0.506 e. The predicted molar refractivity (Wildman–Crippen MR) is 61.9 cm³/mol. The summed E-state index contributed by atoms with van der Waals surface area (Å²) in [7, 11) is 0. The molecule has 0 aliphatic carbocycles. The molecule has 1 rings (SSSR count). The van der Waals surface area contributed by atoms with Crippen LogP contribution in [0.2, 0.25) is 0 Å². The van der Waals surface area contributed by atoms with Crippen molar-refractivity contribution in [3.05, 3.63) is 23.8 Å². The molecule has 0 unspecified atom stereocenters. The second-order valence-corrected chi connectivity index (χ2v) is 3.17. The SMILES string of the molecule is Cl.NC(=O)CCCc1cccc(N)c1O. The van der Waals surface area contributed by atoms with Crippen LogP contribution >= 0.6 is 12.4 Å². The third kappa shape index (κ3) is 4.08. The van der Waals surface area contributed by atoms with Gasteiger partial charge < -0.3 is 16.6 Å². The van der Waals surface area contributed by atoms with Crippen molar-refractivity contribution in [2.75, 3.05) is 5.73 Å². The van der Waals surface area contributed by atoms with Gasteiger partial charge in [0.05, 0.1) is 5.69 Å². The minimum absolute atomic E-state index is 0. The summed E-state index contributed by atoms with van der Waals surface area (Å²) in [6.07, 6.45) is 1.57. The van der Waals surface area contributed by atoms with E-state index in [-0.39, 0.29) is 24.1 Å². The fourth-order valence-corrected chi connectivity index (χ4v) is 1.27. The number of phenolic OH excluding ortho intramolecular Hbond substituents is 1. The summed E-state index contributed by atoms with van der Waals surface area (Å²) in [4.78, 5) is 10.5. The van der Waals surface area contributed by atoms with E-state index in [1.54, 1.807) is 18.2 Å². The average Bonchev–Trinajstić information content (AvgIpc) is 2.12. The molecule has 84 valence electrons. The van der Waals surface area contributed by atoms with Crippen LogP contribution in [0.3, 0.4) is 0 Å². The van der Waals surface area contributed by atoms with Gasteiger partial charge in [0.25, 0.3) is 0 Å². The van der Waals surface area contributed by atoms with E-state index < -0.39 is 0 Å². The van der Waals surface area contributed by atoms with Gasteiger partial charge in [-0.3, -0.25) is 4.79 Å². The average molecular weight is 231 g/mol. The number of amides is 1. The highest BCUT2D eigenvalue weighted by molar-refractivity contribution is 5.85. The molecule has 0 atom stereocenters. The van der Waals surface area contributed by atoms with Crippen LogP contribution in [-0.4, -0.2) is 11.0 Å². The van der Waals surface area contributed by atoms with Crippen LogP contribution in [0.5, 0.6) is 5.75 Å². The summed E-state index contributed by atoms with van der Waals surface area (Å²) in [6.45, 7) is 0. The first-order valence-corrected chi connectivity index (χ1v) is 4.46. The van der Waals surface area contributed by atoms with E-state index in [9.17, 15) is 9.90 Å². The standard InChI is InChI=1S/C10H14N2O2.ClH/c11-8-5-1-3-7(10(8)14)4-2-6-9(12)13;/h1,3,5,14H,2,4,6,11H2,(H2,12,13);1H. The van der Waals surface area contributed by atoms with Gasteiger partial charge in [-0.15, -0.1) is 12.4 Å². The van der Waals surface area contributed by atoms with Gasteiger partial charge in [0.1, 0.15) is 5.75 Å². The Balaban J connectivity index is 0.00000196. The number of nitrogens with two attached hydrogens (primary N) is 2. The van der Waals surface area contributed by atoms with E-state index in [1.807, 2.05) is 0 Å². The number of aromatic hydroxyl groups is 1. The molecule has 0 bridgehead atoms. The maximum atomic E-state index is 10.5. The Kier molecular flexibility index (Phi) is 5.56. The van der Waals surface area contributed by atoms with E-state index in [0.717, 1.165) is 5.56 Å². The number of benzene rings is 1. The zero-order valence-electron chi connectivity index (χ0n) is 8.27. The molecule has 0 spiro atoms. The highest BCUT2D eigenvalue weighted by Gasteiger charge is 2.04. The van der Waals surface area contributed by atoms with Gasteiger partial charge in [-0.2, -0.15) is 0 Å². The molecular weight excluding hydrogens is 216 g/mol. The number of para-hydroxylation sites is 1. The highest BCUT2D eigenvalue weighted by atomic mass is 35.5. The van der Waals surface area contributed by atoms with E-state index in [2.05, 4.69) is 0 Å². The molecule has 0 fully saturated rings. The number of carbonyl (C=O) groups excluding carboxylic acids is 1. The lowest BCUT2D eigenvalue weighted by Gasteiger charge is -2.05. The predicted octanol–water partition coefficient (Wildman–Crippen LogP) is 1.20. The van der Waals surface area contributed by atoms with Gasteiger partial charge >= 0.3 is 0 Å². The van der Waals surface area contributed by atoms with E-state index in [1.165, 1.54) is 0 Å². The Morgan fingerprint density at radius 3 is 2.67 bits per heavy atom. The van der Waals surface area contributed by atoms with Crippen LogP contribution in [0.4, 0.5) is 5.69 Å². The second kappa shape index (κ2) is 6.14. The van der Waals surface area contributed by atoms with E-state index >= 15 is 0 Å². The summed E-state index contributed by atoms with van der Waals surface area (Å²) in [5.74, 6) is -0.217. The van der Waals surface area contributed by atoms with Crippen LogP contribution in [-0.2, 0) is 11.2 Å². The smallest absolute Gasteiger partial charge is 0.217 e. The van der Waals surface area contributed by atoms with Gasteiger partial charge in [0.2, 0.25) is 5.91 Å². The van der Waals surface area contributed by atoms with E-state index in [4.69, 9.17) is 11.5 Å². The Morgan fingerprint density at radius 2 is 2.07 bits per heavy atom. The topological polar surface area (TPSA) is 89.3 Å². The molecule has 0 saturated heterocycles. The molecule has 0 aliphatic rings. The molecule has 0 aromatic heterocycles. The molecule has 15 heavy (non-hydrogen) atoms. The number of primary amides is 1. The molecule has 0 radical (unpaired) electrons. The van der Waals surface area contributed by atoms with Gasteiger partial charge in [0, 0.05) is 6.42 Å².